The van der Waals surface area contributed by atoms with E-state index < -0.39 is 0 Å². The molecule has 3 heteroatoms. The minimum Gasteiger partial charge on any atom is -0.306 e. The van der Waals surface area contributed by atoms with Crippen molar-refractivity contribution in [3.05, 3.63) is 0 Å². The van der Waals surface area contributed by atoms with Crippen LogP contribution in [-0.4, -0.2) is 31.1 Å². The van der Waals surface area contributed by atoms with E-state index in [1.807, 2.05) is 27.7 Å². The Labute approximate surface area is 83.2 Å². The molecule has 1 fully saturated rings. The number of hydrogen-bond donors (Lipinski definition) is 1. The van der Waals surface area contributed by atoms with Crippen LogP contribution in [0.4, 0.5) is 0 Å². The molecule has 0 aromatic rings. The van der Waals surface area contributed by atoms with Gasteiger partial charge in [0.25, 0.3) is 0 Å². The molecule has 0 aromatic heterocycles. The van der Waals surface area contributed by atoms with Gasteiger partial charge in [0.15, 0.2) is 0 Å². The number of nitrogens with zero attached hydrogens (tertiary/aromatic N) is 1. The van der Waals surface area contributed by atoms with Gasteiger partial charge in [0.05, 0.1) is 6.10 Å². The molecule has 0 bridgehead atoms. The molecule has 0 atom stereocenters. The van der Waals surface area contributed by atoms with E-state index in [4.69, 9.17) is 0 Å². The maximum atomic E-state index is 4.67. The van der Waals surface area contributed by atoms with Crippen LogP contribution in [0.15, 0.2) is 0 Å². The van der Waals surface area contributed by atoms with Crippen molar-refractivity contribution in [3.8, 4) is 0 Å². The van der Waals surface area contributed by atoms with Gasteiger partial charge in [-0.3, -0.25) is 0 Å². The van der Waals surface area contributed by atoms with Crippen LogP contribution in [0.5, 0.6) is 0 Å². The summed E-state index contributed by atoms with van der Waals surface area (Å²) in [5.41, 5.74) is 0. The average molecular weight is 190 g/mol. The van der Waals surface area contributed by atoms with Gasteiger partial charge in [-0.2, -0.15) is 0 Å². The maximum Gasteiger partial charge on any atom is 0.0731 e. The normalized spacial score (nSPS) is 15.9. The van der Waals surface area contributed by atoms with Gasteiger partial charge in [-0.15, -0.1) is 0 Å². The van der Waals surface area contributed by atoms with Crippen molar-refractivity contribution in [2.24, 2.45) is 5.90 Å². The summed E-state index contributed by atoms with van der Waals surface area (Å²) in [4.78, 5) is 6.61. The van der Waals surface area contributed by atoms with Crippen LogP contribution in [0.25, 0.3) is 0 Å². The zero-order valence-electron chi connectivity index (χ0n) is 9.84. The van der Waals surface area contributed by atoms with Crippen molar-refractivity contribution in [3.63, 3.8) is 0 Å². The van der Waals surface area contributed by atoms with Crippen LogP contribution >= 0.6 is 0 Å². The summed E-state index contributed by atoms with van der Waals surface area (Å²) < 4.78 is 0. The summed E-state index contributed by atoms with van der Waals surface area (Å²) in [6.45, 7) is 10.4. The van der Waals surface area contributed by atoms with Gasteiger partial charge in [-0.25, -0.2) is 5.90 Å². The number of likely N-dealkylation sites (tertiary alicyclic amines) is 1. The Hall–Kier alpha value is -0.120. The summed E-state index contributed by atoms with van der Waals surface area (Å²) in [5.74, 6) is 4.67. The van der Waals surface area contributed by atoms with Crippen LogP contribution in [0.2, 0.25) is 0 Å². The first kappa shape index (κ1) is 15.4. The van der Waals surface area contributed by atoms with E-state index in [1.165, 1.54) is 25.9 Å². The van der Waals surface area contributed by atoms with Crippen molar-refractivity contribution < 1.29 is 4.84 Å². The molecule has 82 valence electrons. The van der Waals surface area contributed by atoms with E-state index in [1.54, 1.807) is 0 Å². The zero-order valence-corrected chi connectivity index (χ0v) is 9.84. The van der Waals surface area contributed by atoms with E-state index in [0.29, 0.717) is 0 Å². The molecule has 3 nitrogen and oxygen atoms in total. The van der Waals surface area contributed by atoms with Crippen LogP contribution in [0.1, 0.15) is 40.5 Å². The molecule has 2 N–H and O–H groups in total. The second-order valence-corrected chi connectivity index (χ2v) is 3.20. The molecule has 0 spiro atoms. The molecule has 0 aliphatic carbocycles. The highest BCUT2D eigenvalue weighted by Gasteiger charge is 2.03. The van der Waals surface area contributed by atoms with Gasteiger partial charge in [-0.1, -0.05) is 13.8 Å². The SMILES string of the molecule is CC.CC(C)ON.CN1CCCC1. The van der Waals surface area contributed by atoms with Crippen LogP contribution in [0, 0.1) is 0 Å². The van der Waals surface area contributed by atoms with Gasteiger partial charge < -0.3 is 9.74 Å². The lowest BCUT2D eigenvalue weighted by atomic mass is 10.4. The predicted octanol–water partition coefficient (Wildman–Crippen LogP) is 2.02. The molecule has 13 heavy (non-hydrogen) atoms. The second kappa shape index (κ2) is 11.9. The first-order valence-corrected chi connectivity index (χ1v) is 5.21. The zero-order chi connectivity index (χ0) is 10.7. The number of nitrogens with two attached hydrogens (primary N) is 1. The quantitative estimate of drug-likeness (QED) is 0.643. The van der Waals surface area contributed by atoms with Gasteiger partial charge in [0.2, 0.25) is 0 Å². The molecule has 1 heterocycles. The summed E-state index contributed by atoms with van der Waals surface area (Å²) in [7, 11) is 2.17. The van der Waals surface area contributed by atoms with Crippen molar-refractivity contribution in [1.82, 2.24) is 4.90 Å². The molecule has 1 aliphatic rings. The minimum absolute atomic E-state index is 0.162. The van der Waals surface area contributed by atoms with E-state index >= 15 is 0 Å². The number of rotatable bonds is 1. The Bertz CT molecular complexity index is 81.0. The van der Waals surface area contributed by atoms with Crippen LogP contribution in [0.3, 0.4) is 0 Å². The molecule has 1 saturated heterocycles. The smallest absolute Gasteiger partial charge is 0.0731 e. The predicted molar refractivity (Wildman–Crippen MR) is 58.5 cm³/mol. The summed E-state index contributed by atoms with van der Waals surface area (Å²) in [6, 6.07) is 0. The number of hydrogen-bond acceptors (Lipinski definition) is 3. The van der Waals surface area contributed by atoms with E-state index in [9.17, 15) is 0 Å². The Balaban J connectivity index is 0. The van der Waals surface area contributed by atoms with Crippen LogP contribution < -0.4 is 5.90 Å². The third-order valence-corrected chi connectivity index (χ3v) is 1.60. The van der Waals surface area contributed by atoms with Crippen molar-refractivity contribution >= 4 is 0 Å². The molecule has 0 aromatic carbocycles. The highest BCUT2D eigenvalue weighted by Crippen LogP contribution is 2.02. The Morgan fingerprint density at radius 3 is 1.54 bits per heavy atom. The third-order valence-electron chi connectivity index (χ3n) is 1.60. The average Bonchev–Trinajstić information content (AvgIpc) is 2.60. The Morgan fingerprint density at radius 2 is 1.46 bits per heavy atom. The standard InChI is InChI=1S/C5H11N.C3H9NO.C2H6/c1-6-4-2-3-5-6;1-3(2)5-4;1-2/h2-5H2,1H3;3H,4H2,1-2H3;1-2H3. The summed E-state index contributed by atoms with van der Waals surface area (Å²) >= 11 is 0. The van der Waals surface area contributed by atoms with Crippen molar-refractivity contribution in [1.29, 1.82) is 0 Å². The minimum atomic E-state index is 0.162. The topological polar surface area (TPSA) is 38.5 Å². The first-order chi connectivity index (χ1) is 6.16. The summed E-state index contributed by atoms with van der Waals surface area (Å²) in [5, 5.41) is 0. The molecule has 0 saturated carbocycles. The first-order valence-electron chi connectivity index (χ1n) is 5.21. The fourth-order valence-corrected chi connectivity index (χ4v) is 0.875. The van der Waals surface area contributed by atoms with E-state index in [0.717, 1.165) is 0 Å². The van der Waals surface area contributed by atoms with Crippen molar-refractivity contribution in [2.45, 2.75) is 46.6 Å². The Kier molecular flexibility index (Phi) is 14.0. The fraction of sp³-hybridized carbons (Fsp3) is 1.00. The lowest BCUT2D eigenvalue weighted by Crippen LogP contribution is -2.10. The fourth-order valence-electron chi connectivity index (χ4n) is 0.875. The molecular formula is C10H26N2O. The molecule has 0 amide bonds. The van der Waals surface area contributed by atoms with E-state index in [2.05, 4.69) is 22.7 Å². The molecule has 1 rings (SSSR count). The molecular weight excluding hydrogens is 164 g/mol. The highest BCUT2D eigenvalue weighted by molar-refractivity contribution is 4.59. The van der Waals surface area contributed by atoms with Gasteiger partial charge in [0.1, 0.15) is 0 Å². The third kappa shape index (κ3) is 14.7. The summed E-state index contributed by atoms with van der Waals surface area (Å²) in [6.07, 6.45) is 2.99. The van der Waals surface area contributed by atoms with Crippen molar-refractivity contribution in [2.75, 3.05) is 20.1 Å². The largest absolute Gasteiger partial charge is 0.306 e. The lowest BCUT2D eigenvalue weighted by Gasteiger charge is -2.01. The molecule has 0 unspecified atom stereocenters. The Morgan fingerprint density at radius 1 is 1.15 bits per heavy atom. The lowest BCUT2D eigenvalue weighted by molar-refractivity contribution is 0.0800. The van der Waals surface area contributed by atoms with Gasteiger partial charge in [-0.05, 0) is 46.8 Å². The van der Waals surface area contributed by atoms with Gasteiger partial charge >= 0.3 is 0 Å². The molecule has 0 radical (unpaired) electrons. The maximum absolute atomic E-state index is 4.67. The van der Waals surface area contributed by atoms with E-state index in [-0.39, 0.29) is 6.10 Å². The highest BCUT2D eigenvalue weighted by atomic mass is 16.6. The second-order valence-electron chi connectivity index (χ2n) is 3.20. The van der Waals surface area contributed by atoms with Crippen LogP contribution in [-0.2, 0) is 4.84 Å². The van der Waals surface area contributed by atoms with Gasteiger partial charge in [0, 0.05) is 0 Å². The molecule has 1 aliphatic heterocycles. The monoisotopic (exact) mass is 190 g/mol.